The van der Waals surface area contributed by atoms with Gasteiger partial charge in [-0.2, -0.15) is 18.3 Å². The average Bonchev–Trinajstić information content (AvgIpc) is 3.18. The zero-order valence-electron chi connectivity index (χ0n) is 18.4. The highest BCUT2D eigenvalue weighted by Gasteiger charge is 2.31. The van der Waals surface area contributed by atoms with Crippen molar-refractivity contribution in [2.75, 3.05) is 5.43 Å². The molecule has 4 rings (SSSR count). The molecule has 0 aliphatic heterocycles. The van der Waals surface area contributed by atoms with Crippen LogP contribution in [0.25, 0.3) is 0 Å². The van der Waals surface area contributed by atoms with Crippen LogP contribution in [0.3, 0.4) is 0 Å². The van der Waals surface area contributed by atoms with Crippen LogP contribution >= 0.6 is 15.9 Å². The fourth-order valence-electron chi connectivity index (χ4n) is 3.74. The van der Waals surface area contributed by atoms with Crippen LogP contribution in [0.5, 0.6) is 0 Å². The van der Waals surface area contributed by atoms with E-state index in [9.17, 15) is 22.8 Å². The average molecular weight is 549 g/mol. The van der Waals surface area contributed by atoms with E-state index >= 15 is 0 Å². The monoisotopic (exact) mass is 548 g/mol. The van der Waals surface area contributed by atoms with Crippen LogP contribution in [-0.4, -0.2) is 17.5 Å². The van der Waals surface area contributed by atoms with E-state index < -0.39 is 23.6 Å². The summed E-state index contributed by atoms with van der Waals surface area (Å²) in [6.07, 6.45) is -2.62. The highest BCUT2D eigenvalue weighted by atomic mass is 79.9. The van der Waals surface area contributed by atoms with Crippen molar-refractivity contribution in [2.45, 2.75) is 32.4 Å². The number of carbonyl (C=O) groups is 2. The van der Waals surface area contributed by atoms with Crippen LogP contribution in [0.1, 0.15) is 56.2 Å². The molecule has 0 saturated carbocycles. The number of aryl methyl sites for hydroxylation is 1. The summed E-state index contributed by atoms with van der Waals surface area (Å²) in [4.78, 5) is 25.0. The normalized spacial score (nSPS) is 14.4. The Hall–Kier alpha value is -3.60. The van der Waals surface area contributed by atoms with Gasteiger partial charge in [0.2, 0.25) is 0 Å². The number of alkyl halides is 3. The number of halogens is 4. The van der Waals surface area contributed by atoms with Crippen molar-refractivity contribution in [3.8, 4) is 0 Å². The third-order valence-corrected chi connectivity index (χ3v) is 5.97. The summed E-state index contributed by atoms with van der Waals surface area (Å²) in [5.74, 6) is -0.539. The lowest BCUT2D eigenvalue weighted by Crippen LogP contribution is -2.41. The van der Waals surface area contributed by atoms with Crippen LogP contribution in [0.4, 0.5) is 18.9 Å². The second kappa shape index (κ2) is 9.95. The Bertz CT molecular complexity index is 1300. The summed E-state index contributed by atoms with van der Waals surface area (Å²) in [6, 6.07) is 11.3. The number of carbonyl (C=O) groups excluding carboxylic acids is 2. The molecule has 1 aliphatic carbocycles. The number of fused-ring (bicyclic) bond motifs is 1. The number of hydrogen-bond acceptors (Lipinski definition) is 5. The minimum atomic E-state index is -4.46. The van der Waals surface area contributed by atoms with Crippen molar-refractivity contribution in [3.63, 3.8) is 0 Å². The van der Waals surface area contributed by atoms with Crippen molar-refractivity contribution in [3.05, 3.63) is 86.8 Å². The molecular weight excluding hydrogens is 529 g/mol. The molecule has 3 N–H and O–H groups in total. The van der Waals surface area contributed by atoms with Crippen molar-refractivity contribution in [1.29, 1.82) is 0 Å². The SMILES string of the molecule is Cc1c(C(=O)NNC(=O)c2ccc(Br)cc2)oc2c1/C(=N/Nc1cccc(C(F)(F)F)c1)CCC2. The first-order valence-electron chi connectivity index (χ1n) is 10.6. The van der Waals surface area contributed by atoms with Crippen LogP contribution in [0.2, 0.25) is 0 Å². The third kappa shape index (κ3) is 5.56. The Morgan fingerprint density at radius 1 is 1.03 bits per heavy atom. The highest BCUT2D eigenvalue weighted by molar-refractivity contribution is 9.10. The van der Waals surface area contributed by atoms with Crippen molar-refractivity contribution in [2.24, 2.45) is 5.10 Å². The molecule has 2 aromatic carbocycles. The van der Waals surface area contributed by atoms with Crippen LogP contribution in [0.15, 0.2) is 62.5 Å². The van der Waals surface area contributed by atoms with Gasteiger partial charge in [-0.25, -0.2) is 0 Å². The molecule has 0 saturated heterocycles. The Kier molecular flexibility index (Phi) is 6.97. The summed E-state index contributed by atoms with van der Waals surface area (Å²) in [7, 11) is 0. The van der Waals surface area contributed by atoms with Crippen LogP contribution in [-0.2, 0) is 12.6 Å². The molecule has 0 fully saturated rings. The van der Waals surface area contributed by atoms with Gasteiger partial charge in [-0.3, -0.25) is 25.9 Å². The topological polar surface area (TPSA) is 95.7 Å². The molecule has 0 bridgehead atoms. The second-order valence-corrected chi connectivity index (χ2v) is 8.79. The predicted molar refractivity (Wildman–Crippen MR) is 127 cm³/mol. The number of anilines is 1. The maximum Gasteiger partial charge on any atom is 0.416 e. The van der Waals surface area contributed by atoms with E-state index in [2.05, 4.69) is 37.3 Å². The molecule has 11 heteroatoms. The molecule has 0 atom stereocenters. The minimum absolute atomic E-state index is 0.0276. The number of amides is 2. The Morgan fingerprint density at radius 2 is 1.74 bits per heavy atom. The maximum absolute atomic E-state index is 13.0. The number of hydrogen-bond donors (Lipinski definition) is 3. The Morgan fingerprint density at radius 3 is 2.46 bits per heavy atom. The first-order valence-corrected chi connectivity index (χ1v) is 11.4. The smallest absolute Gasteiger partial charge is 0.416 e. The number of hydrazine groups is 1. The van der Waals surface area contributed by atoms with Crippen LogP contribution < -0.4 is 16.3 Å². The van der Waals surface area contributed by atoms with E-state index in [0.717, 1.165) is 16.6 Å². The van der Waals surface area contributed by atoms with Crippen molar-refractivity contribution < 1.29 is 27.2 Å². The predicted octanol–water partition coefficient (Wildman–Crippen LogP) is 5.60. The molecule has 1 aromatic heterocycles. The summed E-state index contributed by atoms with van der Waals surface area (Å²) < 4.78 is 45.5. The van der Waals surface area contributed by atoms with E-state index in [1.165, 1.54) is 12.1 Å². The molecule has 0 spiro atoms. The summed E-state index contributed by atoms with van der Waals surface area (Å²) in [6.45, 7) is 1.69. The molecule has 1 aliphatic rings. The highest BCUT2D eigenvalue weighted by Crippen LogP contribution is 2.32. The van der Waals surface area contributed by atoms with E-state index in [0.29, 0.717) is 47.4 Å². The largest absolute Gasteiger partial charge is 0.455 e. The molecule has 0 radical (unpaired) electrons. The second-order valence-electron chi connectivity index (χ2n) is 7.87. The number of benzene rings is 2. The molecule has 1 heterocycles. The first-order chi connectivity index (χ1) is 16.6. The molecule has 2 amide bonds. The van der Waals surface area contributed by atoms with E-state index in [-0.39, 0.29) is 11.4 Å². The van der Waals surface area contributed by atoms with Gasteiger partial charge in [0, 0.05) is 27.6 Å². The summed E-state index contributed by atoms with van der Waals surface area (Å²) in [5.41, 5.74) is 8.89. The number of rotatable bonds is 4. The number of nitrogens with one attached hydrogen (secondary N) is 3. The van der Waals surface area contributed by atoms with Gasteiger partial charge in [0.1, 0.15) is 5.76 Å². The van der Waals surface area contributed by atoms with Crippen LogP contribution in [0, 0.1) is 6.92 Å². The zero-order valence-corrected chi connectivity index (χ0v) is 20.0. The van der Waals surface area contributed by atoms with Gasteiger partial charge in [-0.15, -0.1) is 0 Å². The van der Waals surface area contributed by atoms with Gasteiger partial charge in [0.05, 0.1) is 17.0 Å². The fourth-order valence-corrected chi connectivity index (χ4v) is 4.00. The minimum Gasteiger partial charge on any atom is -0.455 e. The number of hydrazone groups is 1. The lowest BCUT2D eigenvalue weighted by molar-refractivity contribution is -0.137. The molecule has 0 unspecified atom stereocenters. The van der Waals surface area contributed by atoms with Gasteiger partial charge in [-0.1, -0.05) is 22.0 Å². The quantitative estimate of drug-likeness (QED) is 0.370. The lowest BCUT2D eigenvalue weighted by atomic mass is 9.93. The number of nitrogens with zero attached hydrogens (tertiary/aromatic N) is 1. The Balaban J connectivity index is 1.49. The van der Waals surface area contributed by atoms with Gasteiger partial charge < -0.3 is 4.42 Å². The first kappa shape index (κ1) is 24.5. The zero-order chi connectivity index (χ0) is 25.2. The lowest BCUT2D eigenvalue weighted by Gasteiger charge is -2.14. The Labute approximate surface area is 206 Å². The summed E-state index contributed by atoms with van der Waals surface area (Å²) >= 11 is 3.29. The van der Waals surface area contributed by atoms with E-state index in [1.807, 2.05) is 0 Å². The third-order valence-electron chi connectivity index (χ3n) is 5.44. The summed E-state index contributed by atoms with van der Waals surface area (Å²) in [5, 5.41) is 4.31. The van der Waals surface area contributed by atoms with Gasteiger partial charge in [-0.05, 0) is 62.2 Å². The molecular formula is C24H20BrF3N4O3. The molecule has 182 valence electrons. The number of furan rings is 1. The standard InChI is InChI=1S/C24H20BrF3N4O3/c1-13-20-18(30-29-17-5-2-4-15(12-17)24(26,27)28)6-3-7-19(20)35-21(13)23(34)32-31-22(33)14-8-10-16(25)11-9-14/h2,4-5,8-12,29H,3,6-7H2,1H3,(H,31,33)(H,32,34)/b30-18+. The van der Waals surface area contributed by atoms with Crippen molar-refractivity contribution >= 4 is 39.1 Å². The van der Waals surface area contributed by atoms with Gasteiger partial charge in [0.25, 0.3) is 5.91 Å². The van der Waals surface area contributed by atoms with Gasteiger partial charge in [0.15, 0.2) is 5.76 Å². The van der Waals surface area contributed by atoms with Gasteiger partial charge >= 0.3 is 12.1 Å². The molecule has 3 aromatic rings. The fraction of sp³-hybridized carbons (Fsp3) is 0.208. The van der Waals surface area contributed by atoms with Crippen molar-refractivity contribution in [1.82, 2.24) is 10.9 Å². The molecule has 35 heavy (non-hydrogen) atoms. The maximum atomic E-state index is 13.0. The van der Waals surface area contributed by atoms with E-state index in [4.69, 9.17) is 4.42 Å². The van der Waals surface area contributed by atoms with E-state index in [1.54, 1.807) is 31.2 Å². The molecule has 7 nitrogen and oxygen atoms in total.